The van der Waals surface area contributed by atoms with Gasteiger partial charge in [-0.3, -0.25) is 15.0 Å². The number of hydrogen-bond acceptors (Lipinski definition) is 4. The molecule has 0 saturated carbocycles. The normalized spacial score (nSPS) is 19.5. The summed E-state index contributed by atoms with van der Waals surface area (Å²) < 4.78 is 0. The molecule has 0 bridgehead atoms. The van der Waals surface area contributed by atoms with Crippen LogP contribution in [0.5, 0.6) is 0 Å². The van der Waals surface area contributed by atoms with Crippen molar-refractivity contribution in [2.75, 3.05) is 6.54 Å². The van der Waals surface area contributed by atoms with Gasteiger partial charge in [-0.1, -0.05) is 54.6 Å². The standard InChI is InChI=1S/C23H29N5O2/c1-15(22(29)27-13-16-7-9-18(10-8-16)21(24)25)28-23(30)20-12-11-19(14-26-20)17-5-3-2-4-6-17/h2-10,15,19-20,26H,11-14H2,1H3,(H3,24,25)(H,27,29)(H,28,30)/t15-,19?,20?/m0/s1. The Hall–Kier alpha value is -3.19. The van der Waals surface area contributed by atoms with Crippen LogP contribution in [0, 0.1) is 5.41 Å². The largest absolute Gasteiger partial charge is 0.384 e. The van der Waals surface area contributed by atoms with Crippen molar-refractivity contribution >= 4 is 17.6 Å². The second kappa shape index (κ2) is 10.0. The number of rotatable bonds is 7. The van der Waals surface area contributed by atoms with Gasteiger partial charge in [0.1, 0.15) is 11.9 Å². The first-order valence-corrected chi connectivity index (χ1v) is 10.2. The van der Waals surface area contributed by atoms with Crippen LogP contribution in [0.3, 0.4) is 0 Å². The van der Waals surface area contributed by atoms with Gasteiger partial charge in [0, 0.05) is 18.7 Å². The Kier molecular flexibility index (Phi) is 7.19. The molecule has 1 heterocycles. The summed E-state index contributed by atoms with van der Waals surface area (Å²) in [5.74, 6) is 0.0330. The van der Waals surface area contributed by atoms with Gasteiger partial charge in [0.15, 0.2) is 0 Å². The molecule has 158 valence electrons. The van der Waals surface area contributed by atoms with Gasteiger partial charge < -0.3 is 21.7 Å². The van der Waals surface area contributed by atoms with Crippen LogP contribution in [-0.2, 0) is 16.1 Å². The highest BCUT2D eigenvalue weighted by molar-refractivity contribution is 5.95. The third-order valence-corrected chi connectivity index (χ3v) is 5.49. The number of amides is 2. The highest BCUT2D eigenvalue weighted by Crippen LogP contribution is 2.25. The monoisotopic (exact) mass is 407 g/mol. The van der Waals surface area contributed by atoms with Gasteiger partial charge in [0.25, 0.3) is 0 Å². The van der Waals surface area contributed by atoms with Crippen molar-refractivity contribution in [2.24, 2.45) is 5.73 Å². The summed E-state index contributed by atoms with van der Waals surface area (Å²) in [5, 5.41) is 16.3. The fraction of sp³-hybridized carbons (Fsp3) is 0.348. The first-order chi connectivity index (χ1) is 14.4. The van der Waals surface area contributed by atoms with Crippen LogP contribution in [0.15, 0.2) is 54.6 Å². The molecule has 2 amide bonds. The Bertz CT molecular complexity index is 874. The van der Waals surface area contributed by atoms with E-state index >= 15 is 0 Å². The minimum atomic E-state index is -0.623. The lowest BCUT2D eigenvalue weighted by Gasteiger charge is -2.30. The van der Waals surface area contributed by atoms with Gasteiger partial charge in [-0.05, 0) is 36.8 Å². The Morgan fingerprint density at radius 2 is 1.83 bits per heavy atom. The molecule has 1 saturated heterocycles. The van der Waals surface area contributed by atoms with Crippen molar-refractivity contribution < 1.29 is 9.59 Å². The zero-order chi connectivity index (χ0) is 21.5. The van der Waals surface area contributed by atoms with Crippen LogP contribution >= 0.6 is 0 Å². The second-order valence-corrected chi connectivity index (χ2v) is 7.70. The number of carbonyl (C=O) groups is 2. The Morgan fingerprint density at radius 3 is 2.43 bits per heavy atom. The average molecular weight is 408 g/mol. The van der Waals surface area contributed by atoms with E-state index in [0.717, 1.165) is 24.9 Å². The zero-order valence-electron chi connectivity index (χ0n) is 17.2. The predicted molar refractivity (Wildman–Crippen MR) is 117 cm³/mol. The lowest BCUT2D eigenvalue weighted by Crippen LogP contribution is -2.53. The second-order valence-electron chi connectivity index (χ2n) is 7.70. The first-order valence-electron chi connectivity index (χ1n) is 10.2. The van der Waals surface area contributed by atoms with Crippen molar-refractivity contribution in [3.8, 4) is 0 Å². The topological polar surface area (TPSA) is 120 Å². The third-order valence-electron chi connectivity index (χ3n) is 5.49. The van der Waals surface area contributed by atoms with Gasteiger partial charge in [0.05, 0.1) is 6.04 Å². The van der Waals surface area contributed by atoms with Gasteiger partial charge in [0.2, 0.25) is 11.8 Å². The SMILES string of the molecule is C[C@H](NC(=O)C1CCC(c2ccccc2)CN1)C(=O)NCc1ccc(C(=N)N)cc1. The van der Waals surface area contributed by atoms with E-state index in [1.165, 1.54) is 5.56 Å². The number of nitrogens with two attached hydrogens (primary N) is 1. The number of hydrogen-bond donors (Lipinski definition) is 5. The van der Waals surface area contributed by atoms with Crippen molar-refractivity contribution in [3.63, 3.8) is 0 Å². The number of benzene rings is 2. The Labute approximate surface area is 176 Å². The van der Waals surface area contributed by atoms with Crippen LogP contribution in [0.1, 0.15) is 42.4 Å². The molecule has 1 aliphatic rings. The number of nitrogens with one attached hydrogen (secondary N) is 4. The van der Waals surface area contributed by atoms with Gasteiger partial charge in [-0.15, -0.1) is 0 Å². The summed E-state index contributed by atoms with van der Waals surface area (Å²) in [7, 11) is 0. The van der Waals surface area contributed by atoms with Crippen LogP contribution in [0.4, 0.5) is 0 Å². The molecule has 2 unspecified atom stereocenters. The maximum Gasteiger partial charge on any atom is 0.242 e. The quantitative estimate of drug-likeness (QED) is 0.354. The molecule has 1 fully saturated rings. The van der Waals surface area contributed by atoms with E-state index in [-0.39, 0.29) is 23.7 Å². The lowest BCUT2D eigenvalue weighted by atomic mass is 9.88. The zero-order valence-corrected chi connectivity index (χ0v) is 17.2. The van der Waals surface area contributed by atoms with E-state index in [0.29, 0.717) is 18.0 Å². The molecule has 2 aromatic rings. The summed E-state index contributed by atoms with van der Waals surface area (Å²) in [6, 6.07) is 16.5. The van der Waals surface area contributed by atoms with E-state index in [9.17, 15) is 9.59 Å². The van der Waals surface area contributed by atoms with Crippen LogP contribution in [0.25, 0.3) is 0 Å². The van der Waals surface area contributed by atoms with Gasteiger partial charge >= 0.3 is 0 Å². The van der Waals surface area contributed by atoms with Crippen LogP contribution < -0.4 is 21.7 Å². The Morgan fingerprint density at radius 1 is 1.13 bits per heavy atom. The smallest absolute Gasteiger partial charge is 0.242 e. The van der Waals surface area contributed by atoms with Crippen molar-refractivity contribution in [1.29, 1.82) is 5.41 Å². The molecule has 7 nitrogen and oxygen atoms in total. The maximum absolute atomic E-state index is 12.5. The molecule has 0 aliphatic carbocycles. The summed E-state index contributed by atoms with van der Waals surface area (Å²) >= 11 is 0. The summed E-state index contributed by atoms with van der Waals surface area (Å²) in [5.41, 5.74) is 8.26. The molecule has 7 heteroatoms. The van der Waals surface area contributed by atoms with E-state index < -0.39 is 6.04 Å². The minimum Gasteiger partial charge on any atom is -0.384 e. The van der Waals surface area contributed by atoms with Crippen molar-refractivity contribution in [2.45, 2.75) is 44.3 Å². The van der Waals surface area contributed by atoms with Crippen LogP contribution in [0.2, 0.25) is 0 Å². The number of nitrogen functional groups attached to an aromatic ring is 1. The van der Waals surface area contributed by atoms with Gasteiger partial charge in [-0.2, -0.15) is 0 Å². The average Bonchev–Trinajstić information content (AvgIpc) is 2.78. The van der Waals surface area contributed by atoms with Crippen LogP contribution in [-0.4, -0.2) is 36.3 Å². The molecule has 3 rings (SSSR count). The highest BCUT2D eigenvalue weighted by atomic mass is 16.2. The lowest BCUT2D eigenvalue weighted by molar-refractivity contribution is -0.130. The fourth-order valence-corrected chi connectivity index (χ4v) is 3.61. The van der Waals surface area contributed by atoms with Crippen molar-refractivity contribution in [1.82, 2.24) is 16.0 Å². The highest BCUT2D eigenvalue weighted by Gasteiger charge is 2.28. The number of amidine groups is 1. The van der Waals surface area contributed by atoms with E-state index in [4.69, 9.17) is 11.1 Å². The summed E-state index contributed by atoms with van der Waals surface area (Å²) in [6.07, 6.45) is 1.67. The molecule has 0 spiro atoms. The third kappa shape index (κ3) is 5.67. The van der Waals surface area contributed by atoms with E-state index in [1.807, 2.05) is 30.3 Å². The molecule has 1 aliphatic heterocycles. The van der Waals surface area contributed by atoms with E-state index in [2.05, 4.69) is 28.1 Å². The van der Waals surface area contributed by atoms with Crippen molar-refractivity contribution in [3.05, 3.63) is 71.3 Å². The fourth-order valence-electron chi connectivity index (χ4n) is 3.61. The molecular formula is C23H29N5O2. The molecule has 6 N–H and O–H groups in total. The summed E-state index contributed by atoms with van der Waals surface area (Å²) in [6.45, 7) is 2.78. The minimum absolute atomic E-state index is 0.00771. The summed E-state index contributed by atoms with van der Waals surface area (Å²) in [4.78, 5) is 24.9. The molecule has 30 heavy (non-hydrogen) atoms. The van der Waals surface area contributed by atoms with Gasteiger partial charge in [-0.25, -0.2) is 0 Å². The predicted octanol–water partition coefficient (Wildman–Crippen LogP) is 1.63. The molecular weight excluding hydrogens is 378 g/mol. The molecule has 3 atom stereocenters. The number of carbonyl (C=O) groups excluding carboxylic acids is 2. The number of piperidine rings is 1. The first kappa shape index (κ1) is 21.5. The maximum atomic E-state index is 12.5. The molecule has 2 aromatic carbocycles. The Balaban J connectivity index is 1.42. The molecule has 0 radical (unpaired) electrons. The van der Waals surface area contributed by atoms with E-state index in [1.54, 1.807) is 19.1 Å². The molecule has 0 aromatic heterocycles.